The summed E-state index contributed by atoms with van der Waals surface area (Å²) in [6.45, 7) is 0.258. The van der Waals surface area contributed by atoms with Crippen LogP contribution in [0.25, 0.3) is 17.2 Å². The fraction of sp³-hybridized carbons (Fsp3) is 0.0588. The van der Waals surface area contributed by atoms with Crippen LogP contribution in [0.15, 0.2) is 59.0 Å². The molecule has 0 fully saturated rings. The van der Waals surface area contributed by atoms with Gasteiger partial charge in [0.05, 0.1) is 0 Å². The van der Waals surface area contributed by atoms with Crippen LogP contribution in [0, 0.1) is 5.82 Å². The number of benzene rings is 2. The van der Waals surface area contributed by atoms with Crippen molar-refractivity contribution >= 4 is 23.1 Å². The highest BCUT2D eigenvalue weighted by Crippen LogP contribution is 2.15. The zero-order chi connectivity index (χ0) is 15.4. The van der Waals surface area contributed by atoms with Gasteiger partial charge in [0.25, 0.3) is 0 Å². The second-order valence-corrected chi connectivity index (χ2v) is 4.70. The standard InChI is InChI=1S/C17H13FN2O2/c18-13-5-3-4-12(10-13)11-19-16(21)8-9-17-20-14-6-1-2-7-15(14)22-17/h1-10H,11H2,(H,19,21)/b9-8+. The molecule has 0 saturated carbocycles. The van der Waals surface area contributed by atoms with Gasteiger partial charge >= 0.3 is 0 Å². The molecule has 0 saturated heterocycles. The van der Waals surface area contributed by atoms with Crippen molar-refractivity contribution in [1.29, 1.82) is 0 Å². The van der Waals surface area contributed by atoms with E-state index in [0.29, 0.717) is 17.0 Å². The van der Waals surface area contributed by atoms with Crippen molar-refractivity contribution in [2.24, 2.45) is 0 Å². The molecule has 110 valence electrons. The lowest BCUT2D eigenvalue weighted by Crippen LogP contribution is -2.20. The third-order valence-electron chi connectivity index (χ3n) is 3.04. The molecule has 0 bridgehead atoms. The van der Waals surface area contributed by atoms with Crippen LogP contribution in [0.1, 0.15) is 11.5 Å². The first-order chi connectivity index (χ1) is 10.7. The fourth-order valence-corrected chi connectivity index (χ4v) is 2.00. The summed E-state index contributed by atoms with van der Waals surface area (Å²) in [4.78, 5) is 16.0. The zero-order valence-electron chi connectivity index (χ0n) is 11.6. The Hall–Kier alpha value is -2.95. The lowest BCUT2D eigenvalue weighted by Gasteiger charge is -2.02. The summed E-state index contributed by atoms with van der Waals surface area (Å²) >= 11 is 0. The van der Waals surface area contributed by atoms with Gasteiger partial charge in [0, 0.05) is 18.7 Å². The van der Waals surface area contributed by atoms with Gasteiger partial charge in [-0.1, -0.05) is 24.3 Å². The highest BCUT2D eigenvalue weighted by molar-refractivity contribution is 5.91. The number of amides is 1. The molecule has 0 aliphatic carbocycles. The van der Waals surface area contributed by atoms with E-state index in [2.05, 4.69) is 10.3 Å². The quantitative estimate of drug-likeness (QED) is 0.752. The predicted molar refractivity (Wildman–Crippen MR) is 81.3 cm³/mol. The summed E-state index contributed by atoms with van der Waals surface area (Å²) in [5, 5.41) is 2.67. The van der Waals surface area contributed by atoms with Crippen molar-refractivity contribution in [3.05, 3.63) is 71.9 Å². The number of carbonyl (C=O) groups is 1. The third kappa shape index (κ3) is 3.38. The van der Waals surface area contributed by atoms with Gasteiger partial charge < -0.3 is 9.73 Å². The minimum atomic E-state index is -0.325. The van der Waals surface area contributed by atoms with E-state index in [1.807, 2.05) is 24.3 Å². The number of para-hydroxylation sites is 2. The second kappa shape index (κ2) is 6.22. The first kappa shape index (κ1) is 14.0. The number of oxazole rings is 1. The Morgan fingerprint density at radius 2 is 2.09 bits per heavy atom. The Morgan fingerprint density at radius 1 is 1.23 bits per heavy atom. The Kier molecular flexibility index (Phi) is 3.96. The number of aromatic nitrogens is 1. The molecule has 1 amide bonds. The van der Waals surface area contributed by atoms with Crippen LogP contribution in [-0.2, 0) is 11.3 Å². The molecule has 0 radical (unpaired) electrons. The molecule has 5 heteroatoms. The summed E-state index contributed by atoms with van der Waals surface area (Å²) in [6.07, 6.45) is 2.84. The fourth-order valence-electron chi connectivity index (χ4n) is 2.00. The van der Waals surface area contributed by atoms with Crippen LogP contribution in [0.4, 0.5) is 4.39 Å². The molecule has 0 atom stereocenters. The van der Waals surface area contributed by atoms with Gasteiger partial charge in [-0.2, -0.15) is 0 Å². The largest absolute Gasteiger partial charge is 0.437 e. The molecule has 1 N–H and O–H groups in total. The number of carbonyl (C=O) groups excluding carboxylic acids is 1. The number of nitrogens with one attached hydrogen (secondary N) is 1. The van der Waals surface area contributed by atoms with Crippen molar-refractivity contribution in [3.63, 3.8) is 0 Å². The van der Waals surface area contributed by atoms with Gasteiger partial charge in [-0.25, -0.2) is 9.37 Å². The summed E-state index contributed by atoms with van der Waals surface area (Å²) in [5.74, 6) is -0.262. The van der Waals surface area contributed by atoms with E-state index in [-0.39, 0.29) is 18.3 Å². The van der Waals surface area contributed by atoms with Crippen LogP contribution in [0.5, 0.6) is 0 Å². The molecule has 0 aliphatic heterocycles. The van der Waals surface area contributed by atoms with Crippen LogP contribution in [-0.4, -0.2) is 10.9 Å². The van der Waals surface area contributed by atoms with Gasteiger partial charge in [-0.05, 0) is 29.8 Å². The molecule has 1 aromatic heterocycles. The number of hydrogen-bond acceptors (Lipinski definition) is 3. The number of nitrogens with zero attached hydrogens (tertiary/aromatic N) is 1. The average Bonchev–Trinajstić information content (AvgIpc) is 2.94. The van der Waals surface area contributed by atoms with Gasteiger partial charge in [-0.15, -0.1) is 0 Å². The molecule has 1 heterocycles. The third-order valence-corrected chi connectivity index (χ3v) is 3.04. The zero-order valence-corrected chi connectivity index (χ0v) is 11.6. The number of fused-ring (bicyclic) bond motifs is 1. The lowest BCUT2D eigenvalue weighted by molar-refractivity contribution is -0.116. The summed E-state index contributed by atoms with van der Waals surface area (Å²) in [6, 6.07) is 13.4. The Labute approximate surface area is 126 Å². The van der Waals surface area contributed by atoms with E-state index in [1.54, 1.807) is 12.1 Å². The maximum atomic E-state index is 13.0. The molecular weight excluding hydrogens is 283 g/mol. The SMILES string of the molecule is O=C(/C=C/c1nc2ccccc2o1)NCc1cccc(F)c1. The Bertz CT molecular complexity index is 806. The van der Waals surface area contributed by atoms with Crippen LogP contribution >= 0.6 is 0 Å². The van der Waals surface area contributed by atoms with E-state index in [1.165, 1.54) is 24.3 Å². The number of rotatable bonds is 4. The minimum Gasteiger partial charge on any atom is -0.437 e. The van der Waals surface area contributed by atoms with E-state index < -0.39 is 0 Å². The molecule has 4 nitrogen and oxygen atoms in total. The monoisotopic (exact) mass is 296 g/mol. The van der Waals surface area contributed by atoms with E-state index >= 15 is 0 Å². The van der Waals surface area contributed by atoms with E-state index in [9.17, 15) is 9.18 Å². The average molecular weight is 296 g/mol. The van der Waals surface area contributed by atoms with E-state index in [4.69, 9.17) is 4.42 Å². The topological polar surface area (TPSA) is 55.1 Å². The molecule has 3 aromatic rings. The van der Waals surface area contributed by atoms with E-state index in [0.717, 1.165) is 5.52 Å². The van der Waals surface area contributed by atoms with Gasteiger partial charge in [0.1, 0.15) is 11.3 Å². The Balaban J connectivity index is 1.61. The van der Waals surface area contributed by atoms with Crippen molar-refractivity contribution in [1.82, 2.24) is 10.3 Å². The minimum absolute atomic E-state index is 0.258. The molecule has 0 aliphatic rings. The highest BCUT2D eigenvalue weighted by Gasteiger charge is 2.03. The highest BCUT2D eigenvalue weighted by atomic mass is 19.1. The molecule has 22 heavy (non-hydrogen) atoms. The van der Waals surface area contributed by atoms with Crippen molar-refractivity contribution in [2.75, 3.05) is 0 Å². The molecule has 0 spiro atoms. The summed E-state index contributed by atoms with van der Waals surface area (Å²) in [5.41, 5.74) is 2.10. The summed E-state index contributed by atoms with van der Waals surface area (Å²) < 4.78 is 18.5. The lowest BCUT2D eigenvalue weighted by atomic mass is 10.2. The molecule has 3 rings (SSSR count). The molecule has 2 aromatic carbocycles. The van der Waals surface area contributed by atoms with Crippen molar-refractivity contribution in [2.45, 2.75) is 6.54 Å². The first-order valence-corrected chi connectivity index (χ1v) is 6.77. The van der Waals surface area contributed by atoms with Crippen LogP contribution in [0.2, 0.25) is 0 Å². The predicted octanol–water partition coefficient (Wildman–Crippen LogP) is 3.30. The number of halogens is 1. The summed E-state index contributed by atoms with van der Waals surface area (Å²) in [7, 11) is 0. The van der Waals surface area contributed by atoms with Crippen LogP contribution < -0.4 is 5.32 Å². The van der Waals surface area contributed by atoms with Gasteiger partial charge in [-0.3, -0.25) is 4.79 Å². The van der Waals surface area contributed by atoms with Gasteiger partial charge in [0.2, 0.25) is 11.8 Å². The number of hydrogen-bond donors (Lipinski definition) is 1. The first-order valence-electron chi connectivity index (χ1n) is 6.77. The molecular formula is C17H13FN2O2. The van der Waals surface area contributed by atoms with Crippen LogP contribution in [0.3, 0.4) is 0 Å². The smallest absolute Gasteiger partial charge is 0.244 e. The maximum Gasteiger partial charge on any atom is 0.244 e. The normalized spacial score (nSPS) is 11.1. The van der Waals surface area contributed by atoms with Gasteiger partial charge in [0.15, 0.2) is 5.58 Å². The van der Waals surface area contributed by atoms with Crippen molar-refractivity contribution < 1.29 is 13.6 Å². The maximum absolute atomic E-state index is 13.0. The second-order valence-electron chi connectivity index (χ2n) is 4.70. The Morgan fingerprint density at radius 3 is 2.91 bits per heavy atom. The molecule has 0 unspecified atom stereocenters. The van der Waals surface area contributed by atoms with Crippen molar-refractivity contribution in [3.8, 4) is 0 Å².